The molecule has 0 aromatic carbocycles. The smallest absolute Gasteiger partial charge is 0.237 e. The molecule has 0 aromatic rings. The molecule has 2 atom stereocenters. The Balaban J connectivity index is 2.27. The van der Waals surface area contributed by atoms with Gasteiger partial charge in [0.25, 0.3) is 0 Å². The van der Waals surface area contributed by atoms with E-state index in [1.165, 1.54) is 6.42 Å². The number of hydrogen-bond acceptors (Lipinski definition) is 2. The minimum Gasteiger partial charge on any atom is -0.354 e. The van der Waals surface area contributed by atoms with Crippen LogP contribution >= 0.6 is 0 Å². The topological polar surface area (TPSA) is 41.1 Å². The summed E-state index contributed by atoms with van der Waals surface area (Å²) in [6.07, 6.45) is 3.05. The van der Waals surface area contributed by atoms with E-state index in [0.717, 1.165) is 19.4 Å². The molecule has 1 heterocycles. The Morgan fingerprint density at radius 3 is 3.07 bits per heavy atom. The lowest BCUT2D eigenvalue weighted by molar-refractivity contribution is -0.124. The van der Waals surface area contributed by atoms with E-state index in [0.29, 0.717) is 12.5 Å². The monoisotopic (exact) mass is 208 g/mol. The largest absolute Gasteiger partial charge is 0.354 e. The van der Waals surface area contributed by atoms with Gasteiger partial charge >= 0.3 is 0 Å². The zero-order valence-electron chi connectivity index (χ0n) is 9.60. The number of hydrogen-bond donors (Lipinski definition) is 2. The van der Waals surface area contributed by atoms with Crippen LogP contribution in [0.3, 0.4) is 0 Å². The van der Waals surface area contributed by atoms with E-state index < -0.39 is 0 Å². The van der Waals surface area contributed by atoms with E-state index in [9.17, 15) is 4.79 Å². The zero-order chi connectivity index (χ0) is 11.1. The van der Waals surface area contributed by atoms with E-state index >= 15 is 0 Å². The Kier molecular flexibility index (Phi) is 5.20. The van der Waals surface area contributed by atoms with Crippen LogP contribution in [-0.4, -0.2) is 25.0 Å². The van der Waals surface area contributed by atoms with E-state index in [1.807, 2.05) is 6.92 Å². The summed E-state index contributed by atoms with van der Waals surface area (Å²) in [4.78, 5) is 11.7. The lowest BCUT2D eigenvalue weighted by atomic mass is 9.92. The van der Waals surface area contributed by atoms with Crippen LogP contribution in [0, 0.1) is 17.8 Å². The first-order valence-corrected chi connectivity index (χ1v) is 5.66. The van der Waals surface area contributed by atoms with Crippen molar-refractivity contribution < 1.29 is 4.79 Å². The Morgan fingerprint density at radius 2 is 2.40 bits per heavy atom. The molecule has 0 radical (unpaired) electrons. The summed E-state index contributed by atoms with van der Waals surface area (Å²) in [7, 11) is 0. The van der Waals surface area contributed by atoms with Crippen LogP contribution in [-0.2, 0) is 4.79 Å². The van der Waals surface area contributed by atoms with E-state index in [2.05, 4.69) is 29.4 Å². The second-order valence-electron chi connectivity index (χ2n) is 4.02. The summed E-state index contributed by atoms with van der Waals surface area (Å²) in [6, 6.07) is -0.00617. The molecule has 0 aliphatic carbocycles. The van der Waals surface area contributed by atoms with Gasteiger partial charge in [0.2, 0.25) is 5.91 Å². The van der Waals surface area contributed by atoms with Crippen molar-refractivity contribution in [1.29, 1.82) is 0 Å². The highest BCUT2D eigenvalue weighted by molar-refractivity contribution is 5.82. The second kappa shape index (κ2) is 6.47. The summed E-state index contributed by atoms with van der Waals surface area (Å²) in [6.45, 7) is 5.55. The molecule has 1 saturated heterocycles. The molecule has 0 bridgehead atoms. The normalized spacial score (nSPS) is 25.2. The fraction of sp³-hybridized carbons (Fsp3) is 0.750. The molecule has 15 heavy (non-hydrogen) atoms. The van der Waals surface area contributed by atoms with Crippen LogP contribution < -0.4 is 10.6 Å². The van der Waals surface area contributed by atoms with Crippen LogP contribution in [0.1, 0.15) is 33.1 Å². The lowest BCUT2D eigenvalue weighted by Gasteiger charge is -2.28. The maximum absolute atomic E-state index is 11.7. The van der Waals surface area contributed by atoms with Crippen LogP contribution in [0.4, 0.5) is 0 Å². The Morgan fingerprint density at radius 1 is 1.60 bits per heavy atom. The maximum Gasteiger partial charge on any atom is 0.237 e. The Labute approximate surface area is 92.0 Å². The standard InChI is InChI=1S/C12H20N2O/c1-3-4-5-8-14-12(15)11-10(2)7-6-9-13-11/h10-11,13H,5-9H2,1-2H3,(H,14,15). The molecule has 1 rings (SSSR count). The molecule has 3 heteroatoms. The lowest BCUT2D eigenvalue weighted by Crippen LogP contribution is -2.50. The van der Waals surface area contributed by atoms with Gasteiger partial charge in [-0.1, -0.05) is 6.92 Å². The average Bonchev–Trinajstić information content (AvgIpc) is 2.25. The molecule has 1 fully saturated rings. The van der Waals surface area contributed by atoms with Gasteiger partial charge in [-0.3, -0.25) is 4.79 Å². The van der Waals surface area contributed by atoms with Crippen molar-refractivity contribution in [2.24, 2.45) is 5.92 Å². The summed E-state index contributed by atoms with van der Waals surface area (Å²) in [5.74, 6) is 6.31. The first-order valence-electron chi connectivity index (χ1n) is 5.66. The maximum atomic E-state index is 11.7. The van der Waals surface area contributed by atoms with E-state index in [1.54, 1.807) is 0 Å². The first kappa shape index (κ1) is 12.1. The number of piperidine rings is 1. The van der Waals surface area contributed by atoms with Crippen molar-refractivity contribution in [2.75, 3.05) is 13.1 Å². The molecule has 1 aliphatic rings. The predicted molar refractivity (Wildman–Crippen MR) is 61.3 cm³/mol. The van der Waals surface area contributed by atoms with Crippen LogP contribution in [0.25, 0.3) is 0 Å². The van der Waals surface area contributed by atoms with Gasteiger partial charge in [-0.15, -0.1) is 11.8 Å². The second-order valence-corrected chi connectivity index (χ2v) is 4.02. The molecular formula is C12H20N2O. The molecule has 1 amide bonds. The third kappa shape index (κ3) is 3.93. The molecule has 0 aromatic heterocycles. The number of nitrogens with one attached hydrogen (secondary N) is 2. The fourth-order valence-corrected chi connectivity index (χ4v) is 1.88. The van der Waals surface area contributed by atoms with Gasteiger partial charge in [0.15, 0.2) is 0 Å². The third-order valence-corrected chi connectivity index (χ3v) is 2.78. The van der Waals surface area contributed by atoms with Gasteiger partial charge in [-0.05, 0) is 32.2 Å². The number of amides is 1. The Bertz CT molecular complexity index is 265. The van der Waals surface area contributed by atoms with Gasteiger partial charge in [0, 0.05) is 13.0 Å². The SMILES string of the molecule is CC#CCCNC(=O)C1NCCCC1C. The van der Waals surface area contributed by atoms with Crippen LogP contribution in [0.5, 0.6) is 0 Å². The van der Waals surface area contributed by atoms with Crippen molar-refractivity contribution in [1.82, 2.24) is 10.6 Å². The fourth-order valence-electron chi connectivity index (χ4n) is 1.88. The van der Waals surface area contributed by atoms with Crippen LogP contribution in [0.15, 0.2) is 0 Å². The highest BCUT2D eigenvalue weighted by Gasteiger charge is 2.26. The summed E-state index contributed by atoms with van der Waals surface area (Å²) in [5.41, 5.74) is 0. The van der Waals surface area contributed by atoms with Crippen molar-refractivity contribution in [3.8, 4) is 11.8 Å². The van der Waals surface area contributed by atoms with Crippen molar-refractivity contribution >= 4 is 5.91 Å². The summed E-state index contributed by atoms with van der Waals surface area (Å²) >= 11 is 0. The minimum absolute atomic E-state index is 0.00617. The molecule has 3 nitrogen and oxygen atoms in total. The Hall–Kier alpha value is -1.01. The molecule has 84 valence electrons. The van der Waals surface area contributed by atoms with Gasteiger partial charge in [-0.25, -0.2) is 0 Å². The molecule has 2 N–H and O–H groups in total. The van der Waals surface area contributed by atoms with Gasteiger partial charge in [0.1, 0.15) is 0 Å². The predicted octanol–water partition coefficient (Wildman–Crippen LogP) is 0.904. The summed E-state index contributed by atoms with van der Waals surface area (Å²) < 4.78 is 0. The molecule has 2 unspecified atom stereocenters. The quantitative estimate of drug-likeness (QED) is 0.534. The van der Waals surface area contributed by atoms with Crippen molar-refractivity contribution in [3.05, 3.63) is 0 Å². The first-order chi connectivity index (χ1) is 7.25. The van der Waals surface area contributed by atoms with Crippen molar-refractivity contribution in [2.45, 2.75) is 39.2 Å². The van der Waals surface area contributed by atoms with Crippen molar-refractivity contribution in [3.63, 3.8) is 0 Å². The molecule has 0 saturated carbocycles. The van der Waals surface area contributed by atoms with Crippen LogP contribution in [0.2, 0.25) is 0 Å². The molecule has 0 spiro atoms. The number of carbonyl (C=O) groups is 1. The van der Waals surface area contributed by atoms with Gasteiger partial charge < -0.3 is 10.6 Å². The average molecular weight is 208 g/mol. The highest BCUT2D eigenvalue weighted by Crippen LogP contribution is 2.15. The molecule has 1 aliphatic heterocycles. The highest BCUT2D eigenvalue weighted by atomic mass is 16.2. The van der Waals surface area contributed by atoms with Gasteiger partial charge in [-0.2, -0.15) is 0 Å². The van der Waals surface area contributed by atoms with E-state index in [4.69, 9.17) is 0 Å². The number of carbonyl (C=O) groups excluding carboxylic acids is 1. The third-order valence-electron chi connectivity index (χ3n) is 2.78. The van der Waals surface area contributed by atoms with E-state index in [-0.39, 0.29) is 11.9 Å². The number of rotatable bonds is 3. The molecular weight excluding hydrogens is 188 g/mol. The van der Waals surface area contributed by atoms with Gasteiger partial charge in [0.05, 0.1) is 6.04 Å². The summed E-state index contributed by atoms with van der Waals surface area (Å²) in [5, 5.41) is 6.18. The zero-order valence-corrected chi connectivity index (χ0v) is 9.60. The minimum atomic E-state index is -0.00617.